The van der Waals surface area contributed by atoms with E-state index in [4.69, 9.17) is 16.7 Å². The smallest absolute Gasteiger partial charge is 0.246 e. The summed E-state index contributed by atoms with van der Waals surface area (Å²) in [5.41, 5.74) is 1.69. The zero-order valence-corrected chi connectivity index (χ0v) is 12.4. The highest BCUT2D eigenvalue weighted by Gasteiger charge is 2.30. The van der Waals surface area contributed by atoms with Gasteiger partial charge in [0.1, 0.15) is 6.04 Å². The second-order valence-electron chi connectivity index (χ2n) is 4.46. The van der Waals surface area contributed by atoms with E-state index in [1.165, 1.54) is 11.8 Å². The Morgan fingerprint density at radius 3 is 2.95 bits per heavy atom. The fourth-order valence-electron chi connectivity index (χ4n) is 2.01. The average Bonchev–Trinajstić information content (AvgIpc) is 2.67. The average molecular weight is 301 g/mol. The first-order chi connectivity index (χ1) is 9.06. The van der Waals surface area contributed by atoms with E-state index in [0.717, 1.165) is 16.1 Å². The number of aliphatic hydroxyl groups excluding tert-OH is 1. The molecule has 0 aromatic heterocycles. The number of thioether (sulfide) groups is 1. The Balaban J connectivity index is 2.30. The summed E-state index contributed by atoms with van der Waals surface area (Å²) in [6.45, 7) is 4.69. The minimum absolute atomic E-state index is 0.0507. The molecule has 4 nitrogen and oxygen atoms in total. The first-order valence-corrected chi connectivity index (χ1v) is 7.47. The van der Waals surface area contributed by atoms with Crippen molar-refractivity contribution < 1.29 is 9.90 Å². The maximum atomic E-state index is 11.9. The highest BCUT2D eigenvalue weighted by atomic mass is 35.5. The summed E-state index contributed by atoms with van der Waals surface area (Å²) >= 11 is 7.75. The van der Waals surface area contributed by atoms with Crippen LogP contribution in [0.4, 0.5) is 5.69 Å². The van der Waals surface area contributed by atoms with E-state index >= 15 is 0 Å². The van der Waals surface area contributed by atoms with Crippen molar-refractivity contribution in [2.24, 2.45) is 0 Å². The molecule has 2 atom stereocenters. The maximum Gasteiger partial charge on any atom is 0.246 e. The Kier molecular flexibility index (Phi) is 4.73. The number of carbonyl (C=O) groups excluding carboxylic acids is 1. The van der Waals surface area contributed by atoms with Crippen LogP contribution in [0.15, 0.2) is 17.0 Å². The Labute approximate surface area is 121 Å². The van der Waals surface area contributed by atoms with Gasteiger partial charge in [-0.15, -0.1) is 11.8 Å². The van der Waals surface area contributed by atoms with Crippen molar-refractivity contribution in [3.63, 3.8) is 0 Å². The molecule has 0 bridgehead atoms. The molecule has 2 unspecified atom stereocenters. The normalized spacial score (nSPS) is 19.2. The third-order valence-corrected chi connectivity index (χ3v) is 4.50. The van der Waals surface area contributed by atoms with Crippen molar-refractivity contribution in [3.05, 3.63) is 22.7 Å². The zero-order valence-electron chi connectivity index (χ0n) is 10.9. The van der Waals surface area contributed by atoms with Crippen LogP contribution in [0, 0.1) is 0 Å². The third-order valence-electron chi connectivity index (χ3n) is 2.93. The maximum absolute atomic E-state index is 11.9. The summed E-state index contributed by atoms with van der Waals surface area (Å²) in [4.78, 5) is 12.7. The van der Waals surface area contributed by atoms with Gasteiger partial charge < -0.3 is 15.7 Å². The standard InChI is InChI=1S/C13H17ClN2O2S/c1-3-15-12-8-4-9(14)11(19-7(2)6-17)5-10(8)16-13(12)18/h4-5,7,12,15,17H,3,6H2,1-2H3,(H,16,18). The quantitative estimate of drug-likeness (QED) is 0.731. The molecule has 0 spiro atoms. The van der Waals surface area contributed by atoms with E-state index in [0.29, 0.717) is 11.6 Å². The van der Waals surface area contributed by atoms with Crippen LogP contribution in [0.25, 0.3) is 0 Å². The first-order valence-electron chi connectivity index (χ1n) is 6.22. The summed E-state index contributed by atoms with van der Waals surface area (Å²) in [5, 5.41) is 15.8. The van der Waals surface area contributed by atoms with Gasteiger partial charge in [0.05, 0.1) is 11.6 Å². The van der Waals surface area contributed by atoms with Gasteiger partial charge in [-0.25, -0.2) is 0 Å². The van der Waals surface area contributed by atoms with Gasteiger partial charge in [0.15, 0.2) is 0 Å². The summed E-state index contributed by atoms with van der Waals surface area (Å²) < 4.78 is 0. The number of rotatable bonds is 5. The van der Waals surface area contributed by atoms with Gasteiger partial charge in [-0.2, -0.15) is 0 Å². The lowest BCUT2D eigenvalue weighted by atomic mass is 10.1. The van der Waals surface area contributed by atoms with Crippen molar-refractivity contribution in [3.8, 4) is 0 Å². The minimum atomic E-state index is -0.327. The second kappa shape index (κ2) is 6.13. The van der Waals surface area contributed by atoms with Crippen LogP contribution < -0.4 is 10.6 Å². The number of hydrogen-bond acceptors (Lipinski definition) is 4. The molecule has 1 aliphatic heterocycles. The Morgan fingerprint density at radius 1 is 1.58 bits per heavy atom. The van der Waals surface area contributed by atoms with E-state index in [-0.39, 0.29) is 23.8 Å². The molecule has 1 aromatic rings. The second-order valence-corrected chi connectivity index (χ2v) is 6.35. The van der Waals surface area contributed by atoms with Crippen LogP contribution in [0.5, 0.6) is 0 Å². The van der Waals surface area contributed by atoms with Gasteiger partial charge >= 0.3 is 0 Å². The highest BCUT2D eigenvalue weighted by Crippen LogP contribution is 2.39. The fraction of sp³-hybridized carbons (Fsp3) is 0.462. The lowest BCUT2D eigenvalue weighted by Crippen LogP contribution is -2.27. The van der Waals surface area contributed by atoms with Crippen LogP contribution in [0.3, 0.4) is 0 Å². The molecule has 104 valence electrons. The number of hydrogen-bond donors (Lipinski definition) is 3. The van der Waals surface area contributed by atoms with Gasteiger partial charge in [0, 0.05) is 21.4 Å². The summed E-state index contributed by atoms with van der Waals surface area (Å²) in [7, 11) is 0. The number of amides is 1. The van der Waals surface area contributed by atoms with E-state index < -0.39 is 0 Å². The number of benzene rings is 1. The van der Waals surface area contributed by atoms with Gasteiger partial charge in [-0.05, 0) is 18.7 Å². The number of carbonyl (C=O) groups is 1. The van der Waals surface area contributed by atoms with Crippen LogP contribution in [-0.2, 0) is 4.79 Å². The summed E-state index contributed by atoms with van der Waals surface area (Å²) in [6.07, 6.45) is 0. The van der Waals surface area contributed by atoms with Crippen LogP contribution in [0.1, 0.15) is 25.5 Å². The highest BCUT2D eigenvalue weighted by molar-refractivity contribution is 8.00. The van der Waals surface area contributed by atoms with Gasteiger partial charge in [0.25, 0.3) is 0 Å². The molecule has 0 aliphatic carbocycles. The van der Waals surface area contributed by atoms with Gasteiger partial charge in [0.2, 0.25) is 5.91 Å². The molecule has 3 N–H and O–H groups in total. The van der Waals surface area contributed by atoms with Crippen molar-refractivity contribution >= 4 is 35.0 Å². The van der Waals surface area contributed by atoms with Crippen molar-refractivity contribution in [1.29, 1.82) is 0 Å². The molecule has 6 heteroatoms. The fourth-order valence-corrected chi connectivity index (χ4v) is 3.18. The number of fused-ring (bicyclic) bond motifs is 1. The molecule has 1 heterocycles. The van der Waals surface area contributed by atoms with Crippen LogP contribution >= 0.6 is 23.4 Å². The summed E-state index contributed by atoms with van der Waals surface area (Å²) in [6, 6.07) is 3.38. The Morgan fingerprint density at radius 2 is 2.32 bits per heavy atom. The number of anilines is 1. The molecule has 1 amide bonds. The van der Waals surface area contributed by atoms with E-state index in [1.807, 2.05) is 26.0 Å². The largest absolute Gasteiger partial charge is 0.395 e. The lowest BCUT2D eigenvalue weighted by molar-refractivity contribution is -0.117. The zero-order chi connectivity index (χ0) is 14.0. The van der Waals surface area contributed by atoms with Crippen LogP contribution in [-0.4, -0.2) is 29.4 Å². The predicted octanol–water partition coefficient (Wildman–Crippen LogP) is 2.42. The van der Waals surface area contributed by atoms with E-state index in [1.54, 1.807) is 0 Å². The number of halogens is 1. The lowest BCUT2D eigenvalue weighted by Gasteiger charge is -2.13. The SMILES string of the molecule is CCNC1C(=O)Nc2cc(SC(C)CO)c(Cl)cc21. The number of likely N-dealkylation sites (N-methyl/N-ethyl adjacent to an activating group) is 1. The molecule has 0 saturated heterocycles. The Bertz CT molecular complexity index is 496. The van der Waals surface area contributed by atoms with Crippen molar-refractivity contribution in [2.75, 3.05) is 18.5 Å². The van der Waals surface area contributed by atoms with Crippen LogP contribution in [0.2, 0.25) is 5.02 Å². The molecule has 0 fully saturated rings. The Hall–Kier alpha value is -0.750. The molecule has 1 aromatic carbocycles. The molecular weight excluding hydrogens is 284 g/mol. The summed E-state index contributed by atoms with van der Waals surface area (Å²) in [5.74, 6) is -0.0507. The molecular formula is C13H17ClN2O2S. The predicted molar refractivity (Wildman–Crippen MR) is 78.9 cm³/mol. The molecule has 2 rings (SSSR count). The molecule has 19 heavy (non-hydrogen) atoms. The van der Waals surface area contributed by atoms with Crippen molar-refractivity contribution in [2.45, 2.75) is 30.0 Å². The molecule has 1 aliphatic rings. The monoisotopic (exact) mass is 300 g/mol. The van der Waals surface area contributed by atoms with Gasteiger partial charge in [-0.3, -0.25) is 4.79 Å². The topological polar surface area (TPSA) is 61.4 Å². The number of nitrogens with one attached hydrogen (secondary N) is 2. The first kappa shape index (κ1) is 14.7. The van der Waals surface area contributed by atoms with E-state index in [2.05, 4.69) is 10.6 Å². The van der Waals surface area contributed by atoms with Crippen molar-refractivity contribution in [1.82, 2.24) is 5.32 Å². The minimum Gasteiger partial charge on any atom is -0.395 e. The number of aliphatic hydroxyl groups is 1. The molecule has 0 saturated carbocycles. The van der Waals surface area contributed by atoms with E-state index in [9.17, 15) is 4.79 Å². The van der Waals surface area contributed by atoms with Gasteiger partial charge in [-0.1, -0.05) is 25.4 Å². The third kappa shape index (κ3) is 3.05. The molecule has 0 radical (unpaired) electrons.